The average molecular weight is 369 g/mol. The fraction of sp³-hybridized carbons (Fsp3) is 0.312. The van der Waals surface area contributed by atoms with Crippen molar-refractivity contribution < 1.29 is 23.8 Å². The van der Waals surface area contributed by atoms with Gasteiger partial charge in [0.15, 0.2) is 10.8 Å². The van der Waals surface area contributed by atoms with Gasteiger partial charge in [-0.05, 0) is 52.7 Å². The highest BCUT2D eigenvalue weighted by Crippen LogP contribution is 2.18. The Hall–Kier alpha value is -1.79. The summed E-state index contributed by atoms with van der Waals surface area (Å²) in [7, 11) is 0. The number of carbonyl (C=O) groups is 1. The van der Waals surface area contributed by atoms with Crippen LogP contribution in [0, 0.1) is 0 Å². The zero-order valence-corrected chi connectivity index (χ0v) is 13.7. The van der Waals surface area contributed by atoms with Gasteiger partial charge in [-0.1, -0.05) is 12.1 Å². The molecule has 1 heterocycles. The van der Waals surface area contributed by atoms with Crippen molar-refractivity contribution in [2.24, 2.45) is 0 Å². The largest absolute Gasteiger partial charge is 0.486 e. The van der Waals surface area contributed by atoms with Gasteiger partial charge in [0, 0.05) is 13.0 Å². The number of hydrogen-bond acceptors (Lipinski definition) is 4. The van der Waals surface area contributed by atoms with E-state index in [9.17, 15) is 4.79 Å². The number of halogens is 1. The van der Waals surface area contributed by atoms with Crippen LogP contribution >= 0.6 is 15.9 Å². The summed E-state index contributed by atoms with van der Waals surface area (Å²) in [4.78, 5) is 11.1. The van der Waals surface area contributed by atoms with E-state index in [4.69, 9.17) is 19.0 Å². The third-order valence-corrected chi connectivity index (χ3v) is 3.42. The summed E-state index contributed by atoms with van der Waals surface area (Å²) in [5, 5.41) is 9.07. The molecule has 0 unspecified atom stereocenters. The fourth-order valence-electron chi connectivity index (χ4n) is 1.94. The third kappa shape index (κ3) is 4.89. The highest BCUT2D eigenvalue weighted by atomic mass is 79.9. The van der Waals surface area contributed by atoms with Gasteiger partial charge in [-0.2, -0.15) is 0 Å². The average Bonchev–Trinajstić information content (AvgIpc) is 2.91. The van der Waals surface area contributed by atoms with Crippen molar-refractivity contribution in [3.8, 4) is 5.75 Å². The van der Waals surface area contributed by atoms with Gasteiger partial charge in [0.05, 0.1) is 0 Å². The molecular weight excluding hydrogens is 352 g/mol. The number of aliphatic carboxylic acids is 1. The molecule has 1 aromatic carbocycles. The van der Waals surface area contributed by atoms with Gasteiger partial charge in [0.2, 0.25) is 0 Å². The Morgan fingerprint density at radius 1 is 1.27 bits per heavy atom. The van der Waals surface area contributed by atoms with Crippen LogP contribution in [0.4, 0.5) is 0 Å². The first-order valence-electron chi connectivity index (χ1n) is 6.89. The summed E-state index contributed by atoms with van der Waals surface area (Å²) in [6, 6.07) is 10.9. The molecule has 5 nitrogen and oxygen atoms in total. The first kappa shape index (κ1) is 16.6. The number of carboxylic acids is 1. The number of hydrogen-bond donors (Lipinski definition) is 1. The minimum Gasteiger partial charge on any atom is -0.486 e. The Balaban J connectivity index is 1.90. The van der Waals surface area contributed by atoms with Crippen LogP contribution in [-0.2, 0) is 22.6 Å². The Kier molecular flexibility index (Phi) is 6.03. The second-order valence-corrected chi connectivity index (χ2v) is 5.41. The summed E-state index contributed by atoms with van der Waals surface area (Å²) in [6.07, 6.45) is -0.494. The number of furan rings is 1. The normalized spacial score (nSPS) is 12.1. The van der Waals surface area contributed by atoms with E-state index in [-0.39, 0.29) is 0 Å². The van der Waals surface area contributed by atoms with Crippen molar-refractivity contribution >= 4 is 21.9 Å². The first-order chi connectivity index (χ1) is 10.6. The van der Waals surface area contributed by atoms with Crippen LogP contribution in [0.25, 0.3) is 0 Å². The lowest BCUT2D eigenvalue weighted by molar-refractivity contribution is -0.149. The first-order valence-corrected chi connectivity index (χ1v) is 7.68. The summed E-state index contributed by atoms with van der Waals surface area (Å²) in [5.74, 6) is 0.461. The molecule has 118 valence electrons. The molecule has 2 aromatic rings. The van der Waals surface area contributed by atoms with Crippen molar-refractivity contribution in [1.82, 2.24) is 0 Å². The van der Waals surface area contributed by atoms with E-state index in [0.717, 1.165) is 11.3 Å². The fourth-order valence-corrected chi connectivity index (χ4v) is 2.28. The van der Waals surface area contributed by atoms with Crippen LogP contribution in [0.3, 0.4) is 0 Å². The Morgan fingerprint density at radius 2 is 2.00 bits per heavy atom. The minimum absolute atomic E-state index is 0.328. The van der Waals surface area contributed by atoms with E-state index in [0.29, 0.717) is 30.1 Å². The molecule has 0 saturated heterocycles. The molecule has 0 aliphatic carbocycles. The molecule has 0 radical (unpaired) electrons. The molecule has 0 bridgehead atoms. The molecule has 6 heteroatoms. The Labute approximate surface area is 137 Å². The predicted molar refractivity (Wildman–Crippen MR) is 83.9 cm³/mol. The number of carboxylic acid groups (broad SMARTS) is 1. The van der Waals surface area contributed by atoms with Crippen LogP contribution in [0.15, 0.2) is 45.5 Å². The molecule has 0 aliphatic rings. The van der Waals surface area contributed by atoms with Crippen molar-refractivity contribution in [2.45, 2.75) is 26.1 Å². The monoisotopic (exact) mass is 368 g/mol. The second kappa shape index (κ2) is 8.00. The van der Waals surface area contributed by atoms with Crippen LogP contribution in [0.1, 0.15) is 18.2 Å². The van der Waals surface area contributed by atoms with Crippen molar-refractivity contribution in [3.05, 3.63) is 52.4 Å². The molecule has 22 heavy (non-hydrogen) atoms. The van der Waals surface area contributed by atoms with Crippen LogP contribution in [0.5, 0.6) is 5.75 Å². The molecule has 1 N–H and O–H groups in total. The van der Waals surface area contributed by atoms with Gasteiger partial charge in [-0.3, -0.25) is 0 Å². The third-order valence-electron chi connectivity index (χ3n) is 3.00. The van der Waals surface area contributed by atoms with Crippen molar-refractivity contribution in [3.63, 3.8) is 0 Å². The molecular formula is C16H17BrO5. The summed E-state index contributed by atoms with van der Waals surface area (Å²) < 4.78 is 16.8. The van der Waals surface area contributed by atoms with E-state index in [1.165, 1.54) is 0 Å². The standard InChI is InChI=1S/C16H17BrO5/c1-2-20-14(16(18)19)9-11-3-5-12(6-4-11)21-10-13-7-8-15(17)22-13/h3-8,14H,2,9-10H2,1H3,(H,18,19)/t14-/m0/s1. The van der Waals surface area contributed by atoms with E-state index in [2.05, 4.69) is 15.9 Å². The van der Waals surface area contributed by atoms with Gasteiger partial charge in [0.1, 0.15) is 18.1 Å². The van der Waals surface area contributed by atoms with Gasteiger partial charge in [-0.25, -0.2) is 4.79 Å². The molecule has 0 spiro atoms. The lowest BCUT2D eigenvalue weighted by atomic mass is 10.1. The second-order valence-electron chi connectivity index (χ2n) is 4.62. The van der Waals surface area contributed by atoms with E-state index >= 15 is 0 Å². The van der Waals surface area contributed by atoms with Gasteiger partial charge in [0.25, 0.3) is 0 Å². The van der Waals surface area contributed by atoms with Crippen LogP contribution < -0.4 is 4.74 Å². The zero-order valence-electron chi connectivity index (χ0n) is 12.1. The number of rotatable bonds is 8. The smallest absolute Gasteiger partial charge is 0.333 e. The lowest BCUT2D eigenvalue weighted by Crippen LogP contribution is -2.26. The van der Waals surface area contributed by atoms with Crippen molar-refractivity contribution in [1.29, 1.82) is 0 Å². The maximum atomic E-state index is 11.1. The highest BCUT2D eigenvalue weighted by Gasteiger charge is 2.17. The Morgan fingerprint density at radius 3 is 2.55 bits per heavy atom. The molecule has 1 aromatic heterocycles. The van der Waals surface area contributed by atoms with Gasteiger partial charge >= 0.3 is 5.97 Å². The maximum Gasteiger partial charge on any atom is 0.333 e. The number of benzene rings is 1. The Bertz CT molecular complexity index is 605. The van der Waals surface area contributed by atoms with Crippen LogP contribution in [-0.4, -0.2) is 23.8 Å². The zero-order chi connectivity index (χ0) is 15.9. The SMILES string of the molecule is CCO[C@@H](Cc1ccc(OCc2ccc(Br)o2)cc1)C(=O)O. The highest BCUT2D eigenvalue weighted by molar-refractivity contribution is 9.10. The predicted octanol–water partition coefficient (Wildman–Crippen LogP) is 3.65. The molecule has 0 aliphatic heterocycles. The summed E-state index contributed by atoms with van der Waals surface area (Å²) >= 11 is 3.23. The summed E-state index contributed by atoms with van der Waals surface area (Å²) in [6.45, 7) is 2.48. The minimum atomic E-state index is -0.953. The van der Waals surface area contributed by atoms with Gasteiger partial charge < -0.3 is 19.0 Å². The molecule has 0 saturated carbocycles. The van der Waals surface area contributed by atoms with Crippen LogP contribution in [0.2, 0.25) is 0 Å². The van der Waals surface area contributed by atoms with Crippen molar-refractivity contribution in [2.75, 3.05) is 6.61 Å². The quantitative estimate of drug-likeness (QED) is 0.769. The molecule has 0 fully saturated rings. The lowest BCUT2D eigenvalue weighted by Gasteiger charge is -2.12. The van der Waals surface area contributed by atoms with E-state index in [1.807, 2.05) is 24.3 Å². The molecule has 2 rings (SSSR count). The summed E-state index contributed by atoms with van der Waals surface area (Å²) in [5.41, 5.74) is 0.883. The topological polar surface area (TPSA) is 68.9 Å². The van der Waals surface area contributed by atoms with E-state index in [1.54, 1.807) is 19.1 Å². The van der Waals surface area contributed by atoms with Gasteiger partial charge in [-0.15, -0.1) is 0 Å². The van der Waals surface area contributed by atoms with E-state index < -0.39 is 12.1 Å². The maximum absolute atomic E-state index is 11.1. The molecule has 1 atom stereocenters. The number of ether oxygens (including phenoxy) is 2. The molecule has 0 amide bonds.